The summed E-state index contributed by atoms with van der Waals surface area (Å²) in [5, 5.41) is 7.77. The largest absolute Gasteiger partial charge is 0.288 e. The monoisotopic (exact) mass is 510 g/mol. The van der Waals surface area contributed by atoms with Crippen LogP contribution in [0.15, 0.2) is 113 Å². The fourth-order valence-corrected chi connectivity index (χ4v) is 4.93. The third-order valence-corrected chi connectivity index (χ3v) is 6.68. The van der Waals surface area contributed by atoms with Gasteiger partial charge in [0.25, 0.3) is 5.56 Å². The Kier molecular flexibility index (Phi) is 6.31. The van der Waals surface area contributed by atoms with E-state index in [-0.39, 0.29) is 5.56 Å². The van der Waals surface area contributed by atoms with E-state index < -0.39 is 0 Å². The van der Waals surface area contributed by atoms with E-state index in [1.807, 2.05) is 110 Å². The molecule has 190 valence electrons. The molecule has 39 heavy (non-hydrogen) atoms. The van der Waals surface area contributed by atoms with Gasteiger partial charge in [0, 0.05) is 23.5 Å². The molecule has 0 fully saturated rings. The fourth-order valence-electron chi connectivity index (χ4n) is 4.93. The lowest BCUT2D eigenvalue weighted by molar-refractivity contribution is 0.671. The smallest absolute Gasteiger partial charge is 0.280 e. The molecule has 0 amide bonds. The van der Waals surface area contributed by atoms with E-state index >= 15 is 0 Å². The van der Waals surface area contributed by atoms with E-state index in [2.05, 4.69) is 21.9 Å². The van der Waals surface area contributed by atoms with Gasteiger partial charge in [-0.25, -0.2) is 4.98 Å². The standard InChI is InChI=1S/C32H26N6O/c1-3-11-24-20-25(16-17-26(24)33-2)28-27(21-37-19-10-18-34-37)35-31-29(22-12-6-4-7-13-22)30(36-38(31)32(28)39)23-14-8-5-9-15-23/h3-20,36H,2,21H2,1H3/b11-3-. The lowest BCUT2D eigenvalue weighted by Gasteiger charge is -2.12. The van der Waals surface area contributed by atoms with Gasteiger partial charge in [0.05, 0.1) is 34.7 Å². The summed E-state index contributed by atoms with van der Waals surface area (Å²) in [5.41, 5.74) is 7.52. The Labute approximate surface area is 225 Å². The zero-order valence-corrected chi connectivity index (χ0v) is 21.5. The molecule has 0 aliphatic rings. The zero-order chi connectivity index (χ0) is 26.8. The Hall–Kier alpha value is -5.30. The molecule has 0 aliphatic heterocycles. The Bertz CT molecular complexity index is 1860. The van der Waals surface area contributed by atoms with E-state index in [1.54, 1.807) is 15.4 Å². The van der Waals surface area contributed by atoms with Crippen molar-refractivity contribution in [3.05, 3.63) is 125 Å². The van der Waals surface area contributed by atoms with Crippen LogP contribution in [0.5, 0.6) is 0 Å². The summed E-state index contributed by atoms with van der Waals surface area (Å²) in [6.45, 7) is 5.98. The molecular weight excluding hydrogens is 484 g/mol. The second-order valence-corrected chi connectivity index (χ2v) is 9.13. The van der Waals surface area contributed by atoms with Gasteiger partial charge in [0.1, 0.15) is 0 Å². The van der Waals surface area contributed by atoms with Crippen LogP contribution in [0, 0.1) is 0 Å². The first-order chi connectivity index (χ1) is 19.2. The molecule has 3 aromatic heterocycles. The zero-order valence-electron chi connectivity index (χ0n) is 21.5. The highest BCUT2D eigenvalue weighted by Crippen LogP contribution is 2.35. The van der Waals surface area contributed by atoms with Gasteiger partial charge in [-0.1, -0.05) is 78.9 Å². The van der Waals surface area contributed by atoms with Crippen LogP contribution >= 0.6 is 0 Å². The van der Waals surface area contributed by atoms with Crippen LogP contribution < -0.4 is 5.56 Å². The van der Waals surface area contributed by atoms with Crippen molar-refractivity contribution in [1.82, 2.24) is 24.4 Å². The highest BCUT2D eigenvalue weighted by Gasteiger charge is 2.23. The highest BCUT2D eigenvalue weighted by atomic mass is 16.1. The normalized spacial score (nSPS) is 11.4. The molecule has 0 saturated heterocycles. The van der Waals surface area contributed by atoms with E-state index in [1.165, 1.54) is 0 Å². The molecule has 6 aromatic rings. The molecule has 0 atom stereocenters. The minimum Gasteiger partial charge on any atom is -0.288 e. The van der Waals surface area contributed by atoms with Gasteiger partial charge in [0.15, 0.2) is 5.65 Å². The number of nitrogens with zero attached hydrogens (tertiary/aromatic N) is 5. The molecule has 6 rings (SSSR count). The first-order valence-electron chi connectivity index (χ1n) is 12.7. The third-order valence-electron chi connectivity index (χ3n) is 6.68. The maximum absolute atomic E-state index is 14.3. The fraction of sp³-hybridized carbons (Fsp3) is 0.0625. The lowest BCUT2D eigenvalue weighted by Crippen LogP contribution is -2.21. The van der Waals surface area contributed by atoms with Crippen molar-refractivity contribution in [3.63, 3.8) is 0 Å². The van der Waals surface area contributed by atoms with E-state index in [9.17, 15) is 4.79 Å². The van der Waals surface area contributed by atoms with Gasteiger partial charge < -0.3 is 0 Å². The number of H-pyrrole nitrogens is 1. The van der Waals surface area contributed by atoms with Crippen LogP contribution in [0.2, 0.25) is 0 Å². The van der Waals surface area contributed by atoms with E-state index in [0.717, 1.165) is 39.2 Å². The maximum atomic E-state index is 14.3. The number of fused-ring (bicyclic) bond motifs is 1. The van der Waals surface area contributed by atoms with Gasteiger partial charge in [-0.3, -0.25) is 19.6 Å². The Morgan fingerprint density at radius 3 is 2.33 bits per heavy atom. The van der Waals surface area contributed by atoms with Crippen molar-refractivity contribution in [2.45, 2.75) is 13.5 Å². The van der Waals surface area contributed by atoms with Crippen LogP contribution in [0.3, 0.4) is 0 Å². The molecule has 0 bridgehead atoms. The molecule has 7 nitrogen and oxygen atoms in total. The number of benzene rings is 3. The van der Waals surface area contributed by atoms with Gasteiger partial charge in [0.2, 0.25) is 0 Å². The number of hydrogen-bond acceptors (Lipinski definition) is 4. The lowest BCUT2D eigenvalue weighted by atomic mass is 9.99. The van der Waals surface area contributed by atoms with Crippen LogP contribution in [-0.4, -0.2) is 31.1 Å². The summed E-state index contributed by atoms with van der Waals surface area (Å²) in [7, 11) is 0. The van der Waals surface area contributed by atoms with Gasteiger partial charge in [-0.05, 0) is 43.0 Å². The summed E-state index contributed by atoms with van der Waals surface area (Å²) in [5.74, 6) is 0. The predicted molar refractivity (Wildman–Crippen MR) is 157 cm³/mol. The number of nitrogens with one attached hydrogen (secondary N) is 1. The predicted octanol–water partition coefficient (Wildman–Crippen LogP) is 6.63. The Morgan fingerprint density at radius 1 is 0.923 bits per heavy atom. The summed E-state index contributed by atoms with van der Waals surface area (Å²) in [6, 6.07) is 27.6. The molecule has 0 radical (unpaired) electrons. The van der Waals surface area contributed by atoms with Gasteiger partial charge >= 0.3 is 0 Å². The van der Waals surface area contributed by atoms with Crippen molar-refractivity contribution in [1.29, 1.82) is 0 Å². The van der Waals surface area contributed by atoms with Gasteiger partial charge in [-0.2, -0.15) is 9.61 Å². The quantitative estimate of drug-likeness (QED) is 0.245. The van der Waals surface area contributed by atoms with Gasteiger partial charge in [-0.15, -0.1) is 0 Å². The van der Waals surface area contributed by atoms with E-state index in [4.69, 9.17) is 4.98 Å². The second kappa shape index (κ2) is 10.2. The van der Waals surface area contributed by atoms with Crippen molar-refractivity contribution >= 4 is 24.1 Å². The molecule has 0 unspecified atom stereocenters. The molecule has 3 heterocycles. The minimum atomic E-state index is -0.188. The highest BCUT2D eigenvalue weighted by molar-refractivity contribution is 5.91. The second-order valence-electron chi connectivity index (χ2n) is 9.13. The molecule has 3 aromatic carbocycles. The number of rotatable bonds is 7. The summed E-state index contributed by atoms with van der Waals surface area (Å²) >= 11 is 0. The Morgan fingerprint density at radius 2 is 1.67 bits per heavy atom. The maximum Gasteiger partial charge on any atom is 0.280 e. The van der Waals surface area contributed by atoms with Crippen LogP contribution in [0.1, 0.15) is 18.2 Å². The SMILES string of the molecule is C=Nc1ccc(-c2c(Cn3cccn3)nc3c(-c4ccccc4)c(-c4ccccc4)[nH]n3c2=O)cc1/C=C\C. The number of allylic oxidation sites excluding steroid dienone is 1. The van der Waals surface area contributed by atoms with Crippen LogP contribution in [0.25, 0.3) is 45.2 Å². The molecule has 7 heteroatoms. The van der Waals surface area contributed by atoms with Crippen LogP contribution in [-0.2, 0) is 6.54 Å². The minimum absolute atomic E-state index is 0.188. The van der Waals surface area contributed by atoms with Crippen molar-refractivity contribution in [3.8, 4) is 33.5 Å². The molecule has 0 spiro atoms. The molecule has 1 N–H and O–H groups in total. The average molecular weight is 511 g/mol. The first kappa shape index (κ1) is 24.1. The summed E-state index contributed by atoms with van der Waals surface area (Å²) in [4.78, 5) is 23.6. The molecular formula is C32H26N6O. The molecule has 0 aliphatic carbocycles. The van der Waals surface area contributed by atoms with Crippen molar-refractivity contribution in [2.75, 3.05) is 0 Å². The topological polar surface area (TPSA) is 80.3 Å². The first-order valence-corrected chi connectivity index (χ1v) is 12.7. The number of aliphatic imine (C=N–C) groups is 1. The Balaban J connectivity index is 1.69. The van der Waals surface area contributed by atoms with Crippen molar-refractivity contribution in [2.24, 2.45) is 4.99 Å². The number of aromatic amines is 1. The van der Waals surface area contributed by atoms with Crippen LogP contribution in [0.4, 0.5) is 5.69 Å². The summed E-state index contributed by atoms with van der Waals surface area (Å²) < 4.78 is 3.34. The number of aromatic nitrogens is 5. The molecule has 0 saturated carbocycles. The summed E-state index contributed by atoms with van der Waals surface area (Å²) in [6.07, 6.45) is 7.49. The third kappa shape index (κ3) is 4.40. The van der Waals surface area contributed by atoms with E-state index in [0.29, 0.717) is 23.4 Å². The number of hydrogen-bond donors (Lipinski definition) is 1. The van der Waals surface area contributed by atoms with Crippen molar-refractivity contribution < 1.29 is 0 Å². The average Bonchev–Trinajstić information content (AvgIpc) is 3.63.